The lowest BCUT2D eigenvalue weighted by Crippen LogP contribution is -3.12. The maximum atomic E-state index is 12.3. The Morgan fingerprint density at radius 1 is 1.25 bits per heavy atom. The summed E-state index contributed by atoms with van der Waals surface area (Å²) in [5, 5.41) is 5.27. The molecule has 1 aromatic rings. The highest BCUT2D eigenvalue weighted by atomic mass is 16.2. The van der Waals surface area contributed by atoms with E-state index in [9.17, 15) is 9.59 Å². The molecule has 0 radical (unpaired) electrons. The van der Waals surface area contributed by atoms with Gasteiger partial charge in [0.25, 0.3) is 5.91 Å². The van der Waals surface area contributed by atoms with E-state index >= 15 is 0 Å². The zero-order chi connectivity index (χ0) is 14.3. The summed E-state index contributed by atoms with van der Waals surface area (Å²) in [5.74, 6) is -0.0580. The fourth-order valence-electron chi connectivity index (χ4n) is 3.58. The number of benzene rings is 1. The summed E-state index contributed by atoms with van der Waals surface area (Å²) in [4.78, 5) is 25.2. The molecule has 20 heavy (non-hydrogen) atoms. The van der Waals surface area contributed by atoms with Gasteiger partial charge in [0.05, 0.1) is 13.6 Å². The lowest BCUT2D eigenvalue weighted by molar-refractivity contribution is -0.922. The molecule has 0 saturated carbocycles. The smallest absolute Gasteiger partial charge is 0.322 e. The first-order chi connectivity index (χ1) is 9.53. The Bertz CT molecular complexity index is 545. The fraction of sp³-hybridized carbons (Fsp3) is 0.467. The van der Waals surface area contributed by atoms with Crippen molar-refractivity contribution in [1.82, 2.24) is 10.6 Å². The number of rotatable bonds is 1. The van der Waals surface area contributed by atoms with Crippen molar-refractivity contribution in [2.24, 2.45) is 5.92 Å². The van der Waals surface area contributed by atoms with E-state index < -0.39 is 5.54 Å². The molecule has 5 heteroatoms. The van der Waals surface area contributed by atoms with Crippen molar-refractivity contribution in [3.05, 3.63) is 35.9 Å². The van der Waals surface area contributed by atoms with Gasteiger partial charge in [-0.25, -0.2) is 4.79 Å². The Labute approximate surface area is 118 Å². The molecule has 3 N–H and O–H groups in total. The third kappa shape index (κ3) is 1.89. The molecule has 1 aromatic carbocycles. The summed E-state index contributed by atoms with van der Waals surface area (Å²) >= 11 is 0. The van der Waals surface area contributed by atoms with Gasteiger partial charge < -0.3 is 10.2 Å². The SMILES string of the molecule is C[C@H]1C[NH+](C)[C@@H](c2ccccc2)C[C@@]12NC(=O)NC2=O. The minimum absolute atomic E-state index is 0.119. The predicted molar refractivity (Wildman–Crippen MR) is 74.1 cm³/mol. The van der Waals surface area contributed by atoms with Crippen molar-refractivity contribution < 1.29 is 14.5 Å². The normalized spacial score (nSPS) is 36.8. The summed E-state index contributed by atoms with van der Waals surface area (Å²) in [6.45, 7) is 2.89. The molecule has 1 spiro atoms. The molecule has 2 fully saturated rings. The quantitative estimate of drug-likeness (QED) is 0.624. The average molecular weight is 274 g/mol. The van der Waals surface area contributed by atoms with Crippen LogP contribution in [0.25, 0.3) is 0 Å². The van der Waals surface area contributed by atoms with Gasteiger partial charge in [-0.1, -0.05) is 37.3 Å². The molecule has 1 unspecified atom stereocenters. The average Bonchev–Trinajstić information content (AvgIpc) is 2.71. The Morgan fingerprint density at radius 3 is 2.55 bits per heavy atom. The van der Waals surface area contributed by atoms with Crippen LogP contribution in [0.4, 0.5) is 4.79 Å². The summed E-state index contributed by atoms with van der Waals surface area (Å²) < 4.78 is 0. The molecule has 0 aliphatic carbocycles. The predicted octanol–water partition coefficient (Wildman–Crippen LogP) is -0.140. The second-order valence-corrected chi connectivity index (χ2v) is 6.00. The molecule has 2 saturated heterocycles. The van der Waals surface area contributed by atoms with Gasteiger partial charge in [0.15, 0.2) is 0 Å². The van der Waals surface area contributed by atoms with Crippen LogP contribution in [-0.4, -0.2) is 31.1 Å². The number of likely N-dealkylation sites (tertiary alicyclic amines) is 1. The number of quaternary nitrogens is 1. The van der Waals surface area contributed by atoms with Gasteiger partial charge in [-0.2, -0.15) is 0 Å². The molecule has 2 heterocycles. The summed E-state index contributed by atoms with van der Waals surface area (Å²) in [6, 6.07) is 10.1. The molecule has 106 valence electrons. The van der Waals surface area contributed by atoms with Crippen molar-refractivity contribution >= 4 is 11.9 Å². The van der Waals surface area contributed by atoms with E-state index in [-0.39, 0.29) is 23.9 Å². The largest absolute Gasteiger partial charge is 0.331 e. The Morgan fingerprint density at radius 2 is 1.95 bits per heavy atom. The van der Waals surface area contributed by atoms with Gasteiger partial charge in [0.2, 0.25) is 0 Å². The van der Waals surface area contributed by atoms with E-state index in [1.54, 1.807) is 0 Å². The topological polar surface area (TPSA) is 62.6 Å². The van der Waals surface area contributed by atoms with Gasteiger partial charge in [-0.05, 0) is 0 Å². The van der Waals surface area contributed by atoms with Gasteiger partial charge in [0.1, 0.15) is 11.6 Å². The summed E-state index contributed by atoms with van der Waals surface area (Å²) in [7, 11) is 2.15. The minimum Gasteiger partial charge on any atom is -0.331 e. The van der Waals surface area contributed by atoms with Crippen LogP contribution in [0.3, 0.4) is 0 Å². The first-order valence-electron chi connectivity index (χ1n) is 7.04. The zero-order valence-electron chi connectivity index (χ0n) is 11.8. The summed E-state index contributed by atoms with van der Waals surface area (Å²) in [6.07, 6.45) is 0.640. The first-order valence-corrected chi connectivity index (χ1v) is 7.04. The molecule has 5 nitrogen and oxygen atoms in total. The van der Waals surface area contributed by atoms with Crippen molar-refractivity contribution in [2.45, 2.75) is 24.9 Å². The summed E-state index contributed by atoms with van der Waals surface area (Å²) in [5.41, 5.74) is 0.460. The second-order valence-electron chi connectivity index (χ2n) is 6.00. The Balaban J connectivity index is 1.95. The van der Waals surface area contributed by atoms with E-state index in [1.807, 2.05) is 25.1 Å². The van der Waals surface area contributed by atoms with Crippen molar-refractivity contribution in [3.8, 4) is 0 Å². The van der Waals surface area contributed by atoms with Crippen LogP contribution in [0.2, 0.25) is 0 Å². The lowest BCUT2D eigenvalue weighted by atomic mass is 9.74. The molecule has 0 bridgehead atoms. The van der Waals surface area contributed by atoms with Crippen LogP contribution in [0.1, 0.15) is 24.9 Å². The molecular formula is C15H20N3O2+. The number of hydrogen-bond donors (Lipinski definition) is 3. The van der Waals surface area contributed by atoms with Crippen LogP contribution >= 0.6 is 0 Å². The first kappa shape index (κ1) is 13.1. The van der Waals surface area contributed by atoms with Crippen molar-refractivity contribution in [3.63, 3.8) is 0 Å². The highest BCUT2D eigenvalue weighted by Gasteiger charge is 2.56. The van der Waals surface area contributed by atoms with Gasteiger partial charge in [-0.3, -0.25) is 10.1 Å². The number of carbonyl (C=O) groups is 2. The standard InChI is InChI=1S/C15H19N3O2/c1-10-9-18(2)12(11-6-4-3-5-7-11)8-15(10)13(19)16-14(20)17-15/h3-7,10,12H,8-9H2,1-2H3,(H2,16,17,19,20)/p+1/t10-,12+,15+/m0/s1. The van der Waals surface area contributed by atoms with Crippen LogP contribution in [0.15, 0.2) is 30.3 Å². The number of hydrogen-bond acceptors (Lipinski definition) is 2. The lowest BCUT2D eigenvalue weighted by Gasteiger charge is -2.43. The fourth-order valence-corrected chi connectivity index (χ4v) is 3.58. The molecule has 2 aliphatic rings. The number of carbonyl (C=O) groups excluding carboxylic acids is 2. The van der Waals surface area contributed by atoms with Crippen LogP contribution in [0.5, 0.6) is 0 Å². The maximum absolute atomic E-state index is 12.3. The molecule has 2 aliphatic heterocycles. The Kier molecular flexibility index (Phi) is 3.01. The number of urea groups is 1. The zero-order valence-corrected chi connectivity index (χ0v) is 11.8. The van der Waals surface area contributed by atoms with E-state index in [2.05, 4.69) is 29.8 Å². The van der Waals surface area contributed by atoms with E-state index in [4.69, 9.17) is 0 Å². The molecule has 4 atom stereocenters. The molecular weight excluding hydrogens is 254 g/mol. The number of nitrogens with one attached hydrogen (secondary N) is 3. The third-order valence-electron chi connectivity index (χ3n) is 4.76. The van der Waals surface area contributed by atoms with Crippen LogP contribution < -0.4 is 15.5 Å². The van der Waals surface area contributed by atoms with E-state index in [0.29, 0.717) is 6.42 Å². The number of piperidine rings is 1. The third-order valence-corrected chi connectivity index (χ3v) is 4.76. The van der Waals surface area contributed by atoms with E-state index in [1.165, 1.54) is 10.5 Å². The molecule has 3 amide bonds. The monoisotopic (exact) mass is 274 g/mol. The molecule has 3 rings (SSSR count). The van der Waals surface area contributed by atoms with E-state index in [0.717, 1.165) is 6.54 Å². The van der Waals surface area contributed by atoms with Crippen molar-refractivity contribution in [1.29, 1.82) is 0 Å². The number of imide groups is 1. The Hall–Kier alpha value is -1.88. The van der Waals surface area contributed by atoms with Gasteiger partial charge >= 0.3 is 6.03 Å². The number of amides is 3. The maximum Gasteiger partial charge on any atom is 0.322 e. The second kappa shape index (κ2) is 4.59. The van der Waals surface area contributed by atoms with Gasteiger partial charge in [0, 0.05) is 17.9 Å². The molecule has 0 aromatic heterocycles. The highest BCUT2D eigenvalue weighted by molar-refractivity contribution is 6.07. The highest BCUT2D eigenvalue weighted by Crippen LogP contribution is 2.33. The van der Waals surface area contributed by atoms with Crippen molar-refractivity contribution in [2.75, 3.05) is 13.6 Å². The minimum atomic E-state index is -0.753. The van der Waals surface area contributed by atoms with Crippen LogP contribution in [0, 0.1) is 5.92 Å². The van der Waals surface area contributed by atoms with Gasteiger partial charge in [-0.15, -0.1) is 0 Å². The van der Waals surface area contributed by atoms with Crippen LogP contribution in [-0.2, 0) is 4.79 Å².